The van der Waals surface area contributed by atoms with Crippen LogP contribution in [0.2, 0.25) is 0 Å². The zero-order valence-corrected chi connectivity index (χ0v) is 17.0. The lowest BCUT2D eigenvalue weighted by Gasteiger charge is -2.15. The molecular weight excluding hydrogens is 400 g/mol. The number of carbonyl (C=O) groups excluding carboxylic acids is 2. The van der Waals surface area contributed by atoms with Crippen molar-refractivity contribution >= 4 is 49.8 Å². The molecule has 28 heavy (non-hydrogen) atoms. The van der Waals surface area contributed by atoms with Gasteiger partial charge in [0.05, 0.1) is 16.6 Å². The van der Waals surface area contributed by atoms with Gasteiger partial charge in [-0.1, -0.05) is 11.3 Å². The number of hydrogen-bond donors (Lipinski definition) is 1. The van der Waals surface area contributed by atoms with Gasteiger partial charge in [0.25, 0.3) is 11.5 Å². The molecule has 3 aromatic rings. The van der Waals surface area contributed by atoms with E-state index in [0.29, 0.717) is 25.8 Å². The summed E-state index contributed by atoms with van der Waals surface area (Å²) in [6.45, 7) is 4.94. The lowest BCUT2D eigenvalue weighted by molar-refractivity contribution is -0.130. The Bertz CT molecular complexity index is 1130. The number of nitrogens with zero attached hydrogens (tertiary/aromatic N) is 5. The van der Waals surface area contributed by atoms with Crippen molar-refractivity contribution < 1.29 is 9.59 Å². The fraction of sp³-hybridized carbons (Fsp3) is 0.412. The lowest BCUT2D eigenvalue weighted by atomic mass is 10.2. The molecular formula is C17H18N6O3S2. The summed E-state index contributed by atoms with van der Waals surface area (Å²) in [5, 5.41) is 12.0. The van der Waals surface area contributed by atoms with Crippen LogP contribution in [0.25, 0.3) is 10.2 Å². The second-order valence-electron chi connectivity index (χ2n) is 6.58. The standard InChI is InChI=1S/C17H18N6O3S2/c1-9-12-15(28-13(9)14(25)19-17-21-20-10(2)27-17)18-8-23(16(12)26)7-11(24)22-5-3-4-6-22/h8H,3-7H2,1-2H3,(H,19,21,25). The Hall–Kier alpha value is -2.66. The number of amides is 2. The summed E-state index contributed by atoms with van der Waals surface area (Å²) in [4.78, 5) is 44.8. The number of carbonyl (C=O) groups is 2. The number of aryl methyl sites for hydroxylation is 2. The Morgan fingerprint density at radius 3 is 2.61 bits per heavy atom. The van der Waals surface area contributed by atoms with Gasteiger partial charge in [-0.05, 0) is 32.3 Å². The van der Waals surface area contributed by atoms with Crippen molar-refractivity contribution in [1.82, 2.24) is 24.6 Å². The predicted octanol–water partition coefficient (Wildman–Crippen LogP) is 1.80. The maximum Gasteiger partial charge on any atom is 0.267 e. The van der Waals surface area contributed by atoms with Crippen LogP contribution in [0.3, 0.4) is 0 Å². The molecule has 146 valence electrons. The molecule has 0 unspecified atom stereocenters. The minimum absolute atomic E-state index is 0.0390. The van der Waals surface area contributed by atoms with E-state index in [1.165, 1.54) is 22.2 Å². The molecule has 4 rings (SSSR count). The predicted molar refractivity (Wildman–Crippen MR) is 107 cm³/mol. The van der Waals surface area contributed by atoms with Gasteiger partial charge < -0.3 is 4.90 Å². The minimum atomic E-state index is -0.351. The van der Waals surface area contributed by atoms with E-state index in [2.05, 4.69) is 20.5 Å². The van der Waals surface area contributed by atoms with Crippen molar-refractivity contribution in [3.8, 4) is 0 Å². The smallest absolute Gasteiger partial charge is 0.267 e. The van der Waals surface area contributed by atoms with Gasteiger partial charge in [0.15, 0.2) is 0 Å². The van der Waals surface area contributed by atoms with Crippen LogP contribution in [0.5, 0.6) is 0 Å². The van der Waals surface area contributed by atoms with Crippen molar-refractivity contribution in [2.75, 3.05) is 18.4 Å². The number of likely N-dealkylation sites (tertiary alicyclic amines) is 1. The SMILES string of the molecule is Cc1nnc(NC(=O)c2sc3ncn(CC(=O)N4CCCC4)c(=O)c3c2C)s1. The van der Waals surface area contributed by atoms with Crippen molar-refractivity contribution in [2.24, 2.45) is 0 Å². The first-order valence-electron chi connectivity index (χ1n) is 8.82. The van der Waals surface area contributed by atoms with E-state index in [4.69, 9.17) is 0 Å². The molecule has 1 saturated heterocycles. The highest BCUT2D eigenvalue weighted by Gasteiger charge is 2.22. The molecule has 0 atom stereocenters. The first kappa shape index (κ1) is 18.7. The number of anilines is 1. The largest absolute Gasteiger partial charge is 0.341 e. The van der Waals surface area contributed by atoms with Crippen LogP contribution in [-0.2, 0) is 11.3 Å². The first-order valence-corrected chi connectivity index (χ1v) is 10.4. The fourth-order valence-electron chi connectivity index (χ4n) is 3.20. The normalized spacial score (nSPS) is 14.0. The topological polar surface area (TPSA) is 110 Å². The zero-order valence-electron chi connectivity index (χ0n) is 15.4. The number of aromatic nitrogens is 4. The molecule has 4 heterocycles. The van der Waals surface area contributed by atoms with E-state index in [1.807, 2.05) is 0 Å². The van der Waals surface area contributed by atoms with Crippen LogP contribution >= 0.6 is 22.7 Å². The van der Waals surface area contributed by atoms with Crippen molar-refractivity contribution in [3.05, 3.63) is 32.1 Å². The summed E-state index contributed by atoms with van der Waals surface area (Å²) < 4.78 is 1.32. The molecule has 1 N–H and O–H groups in total. The Morgan fingerprint density at radius 2 is 1.93 bits per heavy atom. The molecule has 9 nitrogen and oxygen atoms in total. The zero-order chi connectivity index (χ0) is 19.8. The van der Waals surface area contributed by atoms with Gasteiger partial charge in [0.1, 0.15) is 16.4 Å². The van der Waals surface area contributed by atoms with Gasteiger partial charge in [0.2, 0.25) is 11.0 Å². The number of fused-ring (bicyclic) bond motifs is 1. The molecule has 3 aromatic heterocycles. The first-order chi connectivity index (χ1) is 13.4. The minimum Gasteiger partial charge on any atom is -0.341 e. The van der Waals surface area contributed by atoms with E-state index in [1.54, 1.807) is 18.7 Å². The van der Waals surface area contributed by atoms with Crippen LogP contribution < -0.4 is 10.9 Å². The molecule has 0 saturated carbocycles. The molecule has 0 radical (unpaired) electrons. The summed E-state index contributed by atoms with van der Waals surface area (Å²) in [5.74, 6) is -0.436. The lowest BCUT2D eigenvalue weighted by Crippen LogP contribution is -2.34. The van der Waals surface area contributed by atoms with Crippen molar-refractivity contribution in [2.45, 2.75) is 33.2 Å². The quantitative estimate of drug-likeness (QED) is 0.692. The number of nitrogens with one attached hydrogen (secondary N) is 1. The molecule has 2 amide bonds. The van der Waals surface area contributed by atoms with E-state index in [0.717, 1.165) is 42.3 Å². The van der Waals surface area contributed by atoms with Crippen LogP contribution in [-0.4, -0.2) is 49.6 Å². The Morgan fingerprint density at radius 1 is 1.18 bits per heavy atom. The fourth-order valence-corrected chi connectivity index (χ4v) is 4.82. The number of rotatable bonds is 4. The summed E-state index contributed by atoms with van der Waals surface area (Å²) in [5.41, 5.74) is 0.247. The van der Waals surface area contributed by atoms with E-state index in [-0.39, 0.29) is 23.9 Å². The summed E-state index contributed by atoms with van der Waals surface area (Å²) in [7, 11) is 0. The highest BCUT2D eigenvalue weighted by molar-refractivity contribution is 7.21. The Balaban J connectivity index is 1.63. The van der Waals surface area contributed by atoms with E-state index < -0.39 is 0 Å². The Labute approximate surface area is 168 Å². The molecule has 0 aliphatic carbocycles. The molecule has 1 fully saturated rings. The second kappa shape index (κ2) is 7.40. The van der Waals surface area contributed by atoms with Gasteiger partial charge in [0, 0.05) is 13.1 Å². The maximum atomic E-state index is 12.9. The molecule has 1 aliphatic heterocycles. The molecule has 11 heteroatoms. The summed E-state index contributed by atoms with van der Waals surface area (Å²) in [6.07, 6.45) is 3.37. The van der Waals surface area contributed by atoms with Crippen molar-refractivity contribution in [1.29, 1.82) is 0 Å². The average Bonchev–Trinajstić information content (AvgIpc) is 3.38. The third kappa shape index (κ3) is 3.42. The molecule has 0 spiro atoms. The van der Waals surface area contributed by atoms with E-state index >= 15 is 0 Å². The van der Waals surface area contributed by atoms with Crippen LogP contribution in [0.1, 0.15) is 33.1 Å². The van der Waals surface area contributed by atoms with Gasteiger partial charge in [-0.3, -0.25) is 24.3 Å². The van der Waals surface area contributed by atoms with Gasteiger partial charge in [-0.25, -0.2) is 4.98 Å². The van der Waals surface area contributed by atoms with Gasteiger partial charge in [-0.2, -0.15) is 0 Å². The molecule has 1 aliphatic rings. The van der Waals surface area contributed by atoms with Crippen LogP contribution in [0, 0.1) is 13.8 Å². The van der Waals surface area contributed by atoms with E-state index in [9.17, 15) is 14.4 Å². The van der Waals surface area contributed by atoms with Gasteiger partial charge >= 0.3 is 0 Å². The highest BCUT2D eigenvalue weighted by atomic mass is 32.1. The maximum absolute atomic E-state index is 12.9. The average molecular weight is 419 g/mol. The molecule has 0 bridgehead atoms. The van der Waals surface area contributed by atoms with Crippen molar-refractivity contribution in [3.63, 3.8) is 0 Å². The van der Waals surface area contributed by atoms with Crippen LogP contribution in [0.15, 0.2) is 11.1 Å². The van der Waals surface area contributed by atoms with Crippen LogP contribution in [0.4, 0.5) is 5.13 Å². The number of hydrogen-bond acceptors (Lipinski definition) is 8. The second-order valence-corrected chi connectivity index (χ2v) is 8.76. The highest BCUT2D eigenvalue weighted by Crippen LogP contribution is 2.28. The third-order valence-corrected chi connectivity index (χ3v) is 6.59. The summed E-state index contributed by atoms with van der Waals surface area (Å²) >= 11 is 2.42. The Kier molecular flexibility index (Phi) is 4.94. The third-order valence-electron chi connectivity index (χ3n) is 4.63. The monoisotopic (exact) mass is 418 g/mol. The number of thiophene rings is 1. The molecule has 0 aromatic carbocycles. The van der Waals surface area contributed by atoms with Gasteiger partial charge in [-0.15, -0.1) is 21.5 Å². The summed E-state index contributed by atoms with van der Waals surface area (Å²) in [6, 6.07) is 0.